The van der Waals surface area contributed by atoms with E-state index >= 15 is 0 Å². The van der Waals surface area contributed by atoms with Gasteiger partial charge in [0.2, 0.25) is 11.8 Å². The molecule has 2 heterocycles. The van der Waals surface area contributed by atoms with Gasteiger partial charge >= 0.3 is 0 Å². The van der Waals surface area contributed by atoms with Crippen LogP contribution in [-0.4, -0.2) is 49.4 Å². The van der Waals surface area contributed by atoms with Crippen molar-refractivity contribution in [3.8, 4) is 0 Å². The number of unbranched alkanes of at least 4 members (excludes halogenated alkanes) is 1. The Balaban J connectivity index is 0.00000324. The lowest BCUT2D eigenvalue weighted by atomic mass is 9.72. The predicted molar refractivity (Wildman–Crippen MR) is 144 cm³/mol. The van der Waals surface area contributed by atoms with Crippen molar-refractivity contribution in [2.45, 2.75) is 72.6 Å². The van der Waals surface area contributed by atoms with Crippen LogP contribution in [-0.2, 0) is 9.59 Å². The van der Waals surface area contributed by atoms with Crippen LogP contribution in [0.4, 0.5) is 11.4 Å². The Morgan fingerprint density at radius 3 is 2.21 bits per heavy atom. The molecule has 1 aliphatic carbocycles. The number of rotatable bonds is 6. The minimum absolute atomic E-state index is 0. The summed E-state index contributed by atoms with van der Waals surface area (Å²) in [6.45, 7) is 14.7. The fraction of sp³-hybridized carbons (Fsp3) is 0.643. The molecule has 4 rings (SSSR count). The van der Waals surface area contributed by atoms with Crippen molar-refractivity contribution < 1.29 is 9.59 Å². The van der Waals surface area contributed by atoms with Crippen LogP contribution in [0.2, 0.25) is 0 Å². The average Bonchev–Trinajstić information content (AvgIpc) is 3.15. The number of halogens is 1. The summed E-state index contributed by atoms with van der Waals surface area (Å²) >= 11 is 0. The molecule has 2 aliphatic heterocycles. The van der Waals surface area contributed by atoms with Crippen molar-refractivity contribution in [1.29, 1.82) is 0 Å². The van der Waals surface area contributed by atoms with Crippen molar-refractivity contribution in [3.05, 3.63) is 29.8 Å². The molecule has 1 atom stereocenters. The number of nitrogens with zero attached hydrogens (tertiary/aromatic N) is 3. The fourth-order valence-electron chi connectivity index (χ4n) is 5.52. The number of carbonyl (C=O) groups is 2. The topological polar surface area (TPSA) is 43.9 Å². The van der Waals surface area contributed by atoms with Gasteiger partial charge in [0.05, 0.1) is 5.69 Å². The lowest BCUT2D eigenvalue weighted by Gasteiger charge is -2.38. The zero-order valence-electron chi connectivity index (χ0n) is 21.4. The molecule has 3 aliphatic rings. The van der Waals surface area contributed by atoms with Crippen LogP contribution in [0.5, 0.6) is 0 Å². The Morgan fingerprint density at radius 2 is 1.65 bits per heavy atom. The summed E-state index contributed by atoms with van der Waals surface area (Å²) in [5.74, 6) is 0.541. The third-order valence-corrected chi connectivity index (χ3v) is 7.81. The van der Waals surface area contributed by atoms with Crippen molar-refractivity contribution >= 4 is 41.2 Å². The molecule has 34 heavy (non-hydrogen) atoms. The molecule has 2 saturated heterocycles. The maximum Gasteiger partial charge on any atom is 0.234 e. The molecule has 0 bridgehead atoms. The van der Waals surface area contributed by atoms with Gasteiger partial charge in [-0.25, -0.2) is 0 Å². The first-order valence-electron chi connectivity index (χ1n) is 12.9. The summed E-state index contributed by atoms with van der Waals surface area (Å²) in [5, 5.41) is 0. The third-order valence-electron chi connectivity index (χ3n) is 7.81. The van der Waals surface area contributed by atoms with Gasteiger partial charge in [0.15, 0.2) is 0 Å². The molecule has 2 amide bonds. The SMILES string of the molecule is CCCCN1CCN(c2ccc(N3C(=O)CCC3=O)cc2C2=CCC(C(C)(C)C)CC2)CC1.Cl. The number of imide groups is 1. The molecular formula is C28H42ClN3O2. The third kappa shape index (κ3) is 5.85. The molecule has 0 spiro atoms. The molecule has 5 nitrogen and oxygen atoms in total. The molecule has 1 aromatic rings. The second kappa shape index (κ2) is 11.3. The van der Waals surface area contributed by atoms with Crippen molar-refractivity contribution in [1.82, 2.24) is 4.90 Å². The number of anilines is 2. The molecule has 0 radical (unpaired) electrons. The first-order chi connectivity index (χ1) is 15.8. The molecule has 0 N–H and O–H groups in total. The molecule has 1 aromatic carbocycles. The minimum atomic E-state index is -0.0753. The van der Waals surface area contributed by atoms with Gasteiger partial charge in [0.1, 0.15) is 0 Å². The van der Waals surface area contributed by atoms with E-state index < -0.39 is 0 Å². The quantitative estimate of drug-likeness (QED) is 0.467. The van der Waals surface area contributed by atoms with Gasteiger partial charge in [-0.05, 0) is 67.3 Å². The predicted octanol–water partition coefficient (Wildman–Crippen LogP) is 5.91. The van der Waals surface area contributed by atoms with E-state index in [-0.39, 0.29) is 24.2 Å². The summed E-state index contributed by atoms with van der Waals surface area (Å²) in [7, 11) is 0. The lowest BCUT2D eigenvalue weighted by Crippen LogP contribution is -2.46. The second-order valence-electron chi connectivity index (χ2n) is 11.1. The van der Waals surface area contributed by atoms with Crippen molar-refractivity contribution in [2.24, 2.45) is 11.3 Å². The van der Waals surface area contributed by atoms with Crippen LogP contribution in [0.3, 0.4) is 0 Å². The Bertz CT molecular complexity index is 897. The van der Waals surface area contributed by atoms with Crippen LogP contribution < -0.4 is 9.80 Å². The average molecular weight is 488 g/mol. The Kier molecular flexibility index (Phi) is 8.86. The highest BCUT2D eigenvalue weighted by atomic mass is 35.5. The first kappa shape index (κ1) is 26.7. The van der Waals surface area contributed by atoms with Gasteiger partial charge in [-0.2, -0.15) is 0 Å². The number of carbonyl (C=O) groups excluding carboxylic acids is 2. The first-order valence-corrected chi connectivity index (χ1v) is 12.9. The molecule has 2 fully saturated rings. The molecule has 0 aromatic heterocycles. The van der Waals surface area contributed by atoms with E-state index in [1.54, 1.807) is 0 Å². The summed E-state index contributed by atoms with van der Waals surface area (Å²) < 4.78 is 0. The van der Waals surface area contributed by atoms with Gasteiger partial charge in [0.25, 0.3) is 0 Å². The van der Waals surface area contributed by atoms with Crippen LogP contribution >= 0.6 is 12.4 Å². The highest BCUT2D eigenvalue weighted by Gasteiger charge is 2.32. The van der Waals surface area contributed by atoms with E-state index in [1.165, 1.54) is 47.5 Å². The summed E-state index contributed by atoms with van der Waals surface area (Å²) in [6, 6.07) is 6.25. The number of benzene rings is 1. The zero-order chi connectivity index (χ0) is 23.6. The summed E-state index contributed by atoms with van der Waals surface area (Å²) in [6.07, 6.45) is 8.91. The highest BCUT2D eigenvalue weighted by molar-refractivity contribution is 6.20. The zero-order valence-corrected chi connectivity index (χ0v) is 22.3. The van der Waals surface area contributed by atoms with Crippen LogP contribution in [0, 0.1) is 11.3 Å². The number of allylic oxidation sites excluding steroid dienone is 2. The maximum absolute atomic E-state index is 12.4. The van der Waals surface area contributed by atoms with Gasteiger partial charge in [-0.3, -0.25) is 19.4 Å². The van der Waals surface area contributed by atoms with E-state index in [0.29, 0.717) is 24.2 Å². The number of hydrogen-bond donors (Lipinski definition) is 0. The van der Waals surface area contributed by atoms with Crippen LogP contribution in [0.25, 0.3) is 5.57 Å². The van der Waals surface area contributed by atoms with E-state index in [9.17, 15) is 9.59 Å². The second-order valence-corrected chi connectivity index (χ2v) is 11.1. The van der Waals surface area contributed by atoms with Gasteiger partial charge < -0.3 is 4.90 Å². The smallest absolute Gasteiger partial charge is 0.234 e. The van der Waals surface area contributed by atoms with Crippen molar-refractivity contribution in [3.63, 3.8) is 0 Å². The summed E-state index contributed by atoms with van der Waals surface area (Å²) in [4.78, 5) is 31.3. The molecule has 0 saturated carbocycles. The maximum atomic E-state index is 12.4. The Hall–Kier alpha value is -1.85. The largest absolute Gasteiger partial charge is 0.368 e. The molecular weight excluding hydrogens is 446 g/mol. The van der Waals surface area contributed by atoms with Gasteiger partial charge in [0, 0.05) is 50.3 Å². The standard InChI is InChI=1S/C28H41N3O2.ClH/c1-5-6-15-29-16-18-30(19-17-29)25-12-11-23(31-26(32)13-14-27(31)33)20-24(25)21-7-9-22(10-8-21)28(2,3)4;/h7,11-12,20,22H,5-6,8-10,13-19H2,1-4H3;1H. The monoisotopic (exact) mass is 487 g/mol. The summed E-state index contributed by atoms with van der Waals surface area (Å²) in [5.41, 5.74) is 4.90. The normalized spacial score (nSPS) is 22.1. The van der Waals surface area contributed by atoms with E-state index in [0.717, 1.165) is 44.7 Å². The highest BCUT2D eigenvalue weighted by Crippen LogP contribution is 2.43. The molecule has 188 valence electrons. The van der Waals surface area contributed by atoms with Gasteiger partial charge in [-0.1, -0.05) is 40.2 Å². The minimum Gasteiger partial charge on any atom is -0.368 e. The fourth-order valence-corrected chi connectivity index (χ4v) is 5.52. The Morgan fingerprint density at radius 1 is 0.971 bits per heavy atom. The van der Waals surface area contributed by atoms with Gasteiger partial charge in [-0.15, -0.1) is 12.4 Å². The van der Waals surface area contributed by atoms with Crippen LogP contribution in [0.1, 0.15) is 78.2 Å². The molecule has 1 unspecified atom stereocenters. The van der Waals surface area contributed by atoms with E-state index in [4.69, 9.17) is 0 Å². The van der Waals surface area contributed by atoms with Crippen LogP contribution in [0.15, 0.2) is 24.3 Å². The number of hydrogen-bond acceptors (Lipinski definition) is 4. The van der Waals surface area contributed by atoms with Crippen molar-refractivity contribution in [2.75, 3.05) is 42.5 Å². The number of amides is 2. The van der Waals surface area contributed by atoms with E-state index in [2.05, 4.69) is 55.7 Å². The Labute approximate surface area is 212 Å². The van der Waals surface area contributed by atoms with E-state index in [1.807, 2.05) is 6.07 Å². The lowest BCUT2D eigenvalue weighted by molar-refractivity contribution is -0.121. The molecule has 6 heteroatoms. The number of piperazine rings is 1.